The van der Waals surface area contributed by atoms with Gasteiger partial charge in [0.2, 0.25) is 5.91 Å². The molecule has 2 heterocycles. The molecule has 1 amide bonds. The van der Waals surface area contributed by atoms with E-state index in [1.807, 2.05) is 25.1 Å². The lowest BCUT2D eigenvalue weighted by Crippen LogP contribution is -2.49. The topological polar surface area (TPSA) is 79.2 Å². The van der Waals surface area contributed by atoms with Crippen LogP contribution in [0.3, 0.4) is 0 Å². The first-order chi connectivity index (χ1) is 13.8. The van der Waals surface area contributed by atoms with E-state index in [4.69, 9.17) is 23.2 Å². The number of hydrogen-bond acceptors (Lipinski definition) is 4. The molecule has 0 bridgehead atoms. The Morgan fingerprint density at radius 3 is 2.59 bits per heavy atom. The fourth-order valence-electron chi connectivity index (χ4n) is 3.85. The van der Waals surface area contributed by atoms with Gasteiger partial charge >= 0.3 is 0 Å². The lowest BCUT2D eigenvalue weighted by molar-refractivity contribution is -0.119. The minimum atomic E-state index is -1.05. The zero-order valence-electron chi connectivity index (χ0n) is 15.9. The SMILES string of the molecule is Cc1nn(C)c2c1[C@@H](c1cccc(Cl)c1)[C@@H](NC(O)c1ccc(Cl)cc1)C(=O)N2. The number of aliphatic hydroxyl groups is 1. The van der Waals surface area contributed by atoms with Crippen LogP contribution in [0, 0.1) is 6.92 Å². The number of nitrogens with zero attached hydrogens (tertiary/aromatic N) is 2. The van der Waals surface area contributed by atoms with Gasteiger partial charge in [0.05, 0.1) is 5.69 Å². The molecule has 0 aliphatic carbocycles. The van der Waals surface area contributed by atoms with Crippen molar-refractivity contribution in [1.29, 1.82) is 0 Å². The van der Waals surface area contributed by atoms with Crippen LogP contribution in [0.2, 0.25) is 10.0 Å². The Balaban J connectivity index is 1.77. The molecule has 1 aliphatic rings. The van der Waals surface area contributed by atoms with Crippen LogP contribution >= 0.6 is 23.2 Å². The fraction of sp³-hybridized carbons (Fsp3) is 0.238. The van der Waals surface area contributed by atoms with Gasteiger partial charge in [-0.05, 0) is 42.3 Å². The molecule has 29 heavy (non-hydrogen) atoms. The third-order valence-electron chi connectivity index (χ3n) is 5.17. The third kappa shape index (κ3) is 3.76. The van der Waals surface area contributed by atoms with Crippen molar-refractivity contribution in [1.82, 2.24) is 15.1 Å². The maximum absolute atomic E-state index is 13.0. The van der Waals surface area contributed by atoms with E-state index in [9.17, 15) is 9.90 Å². The van der Waals surface area contributed by atoms with Gasteiger partial charge in [0.15, 0.2) is 0 Å². The van der Waals surface area contributed by atoms with E-state index in [1.54, 1.807) is 42.1 Å². The molecule has 0 radical (unpaired) electrons. The van der Waals surface area contributed by atoms with Crippen LogP contribution in [0.5, 0.6) is 0 Å². The highest BCUT2D eigenvalue weighted by molar-refractivity contribution is 6.30. The van der Waals surface area contributed by atoms with Gasteiger partial charge in [-0.1, -0.05) is 47.5 Å². The maximum atomic E-state index is 13.0. The van der Waals surface area contributed by atoms with Gasteiger partial charge in [0.1, 0.15) is 18.1 Å². The summed E-state index contributed by atoms with van der Waals surface area (Å²) in [6.45, 7) is 1.90. The summed E-state index contributed by atoms with van der Waals surface area (Å²) in [5, 5.41) is 22.3. The van der Waals surface area contributed by atoms with Crippen molar-refractivity contribution in [3.63, 3.8) is 0 Å². The zero-order chi connectivity index (χ0) is 20.7. The first-order valence-electron chi connectivity index (χ1n) is 9.14. The van der Waals surface area contributed by atoms with E-state index in [0.717, 1.165) is 16.8 Å². The monoisotopic (exact) mass is 430 g/mol. The van der Waals surface area contributed by atoms with Gasteiger partial charge in [-0.2, -0.15) is 5.10 Å². The summed E-state index contributed by atoms with van der Waals surface area (Å²) in [5.41, 5.74) is 3.18. The lowest BCUT2D eigenvalue weighted by atomic mass is 9.82. The number of hydrogen-bond donors (Lipinski definition) is 3. The van der Waals surface area contributed by atoms with Gasteiger partial charge in [0.25, 0.3) is 0 Å². The van der Waals surface area contributed by atoms with Gasteiger partial charge in [-0.25, -0.2) is 0 Å². The van der Waals surface area contributed by atoms with Crippen LogP contribution in [-0.4, -0.2) is 26.8 Å². The molecule has 150 valence electrons. The maximum Gasteiger partial charge on any atom is 0.243 e. The zero-order valence-corrected chi connectivity index (χ0v) is 17.4. The van der Waals surface area contributed by atoms with Crippen LogP contribution < -0.4 is 10.6 Å². The summed E-state index contributed by atoms with van der Waals surface area (Å²) in [5.74, 6) is 0.0306. The van der Waals surface area contributed by atoms with Gasteiger partial charge in [-0.3, -0.25) is 14.8 Å². The van der Waals surface area contributed by atoms with Crippen LogP contribution in [0.4, 0.5) is 5.82 Å². The molecule has 0 spiro atoms. The van der Waals surface area contributed by atoms with Gasteiger partial charge in [-0.15, -0.1) is 0 Å². The fourth-order valence-corrected chi connectivity index (χ4v) is 4.17. The summed E-state index contributed by atoms with van der Waals surface area (Å²) in [7, 11) is 1.79. The Hall–Kier alpha value is -2.38. The first kappa shape index (κ1) is 19.9. The summed E-state index contributed by atoms with van der Waals surface area (Å²) in [6.07, 6.45) is -1.05. The van der Waals surface area contributed by atoms with E-state index in [1.165, 1.54) is 0 Å². The average molecular weight is 431 g/mol. The number of aromatic nitrogens is 2. The highest BCUT2D eigenvalue weighted by Crippen LogP contribution is 2.40. The molecule has 0 fully saturated rings. The Morgan fingerprint density at radius 1 is 1.17 bits per heavy atom. The summed E-state index contributed by atoms with van der Waals surface area (Å²) >= 11 is 12.2. The smallest absolute Gasteiger partial charge is 0.243 e. The van der Waals surface area contributed by atoms with Crippen molar-refractivity contribution in [2.24, 2.45) is 7.05 Å². The Morgan fingerprint density at radius 2 is 1.90 bits per heavy atom. The number of amides is 1. The lowest BCUT2D eigenvalue weighted by Gasteiger charge is -2.34. The van der Waals surface area contributed by atoms with Crippen molar-refractivity contribution in [2.45, 2.75) is 25.1 Å². The third-order valence-corrected chi connectivity index (χ3v) is 5.65. The minimum Gasteiger partial charge on any atom is -0.374 e. The number of carbonyl (C=O) groups excluding carboxylic acids is 1. The van der Waals surface area contributed by atoms with Crippen molar-refractivity contribution in [2.75, 3.05) is 5.32 Å². The van der Waals surface area contributed by atoms with Crippen LogP contribution in [0.1, 0.15) is 34.5 Å². The number of fused-ring (bicyclic) bond motifs is 1. The van der Waals surface area contributed by atoms with Crippen molar-refractivity contribution in [3.05, 3.63) is 81.0 Å². The second kappa shape index (κ2) is 7.80. The molecule has 3 N–H and O–H groups in total. The minimum absolute atomic E-state index is 0.251. The van der Waals surface area contributed by atoms with E-state index in [-0.39, 0.29) is 11.8 Å². The largest absolute Gasteiger partial charge is 0.374 e. The van der Waals surface area contributed by atoms with E-state index >= 15 is 0 Å². The molecule has 2 aromatic carbocycles. The van der Waals surface area contributed by atoms with Crippen molar-refractivity contribution < 1.29 is 9.90 Å². The molecule has 0 saturated heterocycles. The number of anilines is 1. The number of aryl methyl sites for hydroxylation is 2. The molecule has 1 unspecified atom stereocenters. The Labute approximate surface area is 178 Å². The number of aliphatic hydroxyl groups excluding tert-OH is 1. The summed E-state index contributed by atoms with van der Waals surface area (Å²) < 4.78 is 1.66. The molecular formula is C21H20Cl2N4O2. The normalized spacial score (nSPS) is 19.6. The quantitative estimate of drug-likeness (QED) is 0.550. The Bertz CT molecular complexity index is 1070. The predicted molar refractivity (Wildman–Crippen MR) is 113 cm³/mol. The molecule has 6 nitrogen and oxygen atoms in total. The summed E-state index contributed by atoms with van der Waals surface area (Å²) in [4.78, 5) is 13.0. The highest BCUT2D eigenvalue weighted by atomic mass is 35.5. The average Bonchev–Trinajstić information content (AvgIpc) is 2.96. The molecule has 0 saturated carbocycles. The van der Waals surface area contributed by atoms with Gasteiger partial charge < -0.3 is 10.4 Å². The van der Waals surface area contributed by atoms with E-state index < -0.39 is 12.3 Å². The predicted octanol–water partition coefficient (Wildman–Crippen LogP) is 3.77. The Kier molecular flexibility index (Phi) is 5.36. The molecule has 8 heteroatoms. The second-order valence-electron chi connectivity index (χ2n) is 7.09. The number of rotatable bonds is 4. The molecular weight excluding hydrogens is 411 g/mol. The molecule has 1 aromatic heterocycles. The highest BCUT2D eigenvalue weighted by Gasteiger charge is 2.41. The van der Waals surface area contributed by atoms with Crippen molar-refractivity contribution in [3.8, 4) is 0 Å². The number of benzene rings is 2. The molecule has 3 aromatic rings. The molecule has 4 rings (SSSR count). The van der Waals surface area contributed by atoms with E-state index in [2.05, 4.69) is 15.7 Å². The number of nitrogens with one attached hydrogen (secondary N) is 2. The van der Waals surface area contributed by atoms with E-state index in [0.29, 0.717) is 21.4 Å². The number of carbonyl (C=O) groups is 1. The molecule has 1 aliphatic heterocycles. The first-order valence-corrected chi connectivity index (χ1v) is 9.90. The van der Waals surface area contributed by atoms with Gasteiger partial charge in [0, 0.05) is 28.6 Å². The van der Waals surface area contributed by atoms with Crippen molar-refractivity contribution >= 4 is 34.9 Å². The second-order valence-corrected chi connectivity index (χ2v) is 7.96. The van der Waals surface area contributed by atoms with Crippen LogP contribution in [0.25, 0.3) is 0 Å². The summed E-state index contributed by atoms with van der Waals surface area (Å²) in [6, 6.07) is 13.5. The standard InChI is InChI=1S/C21H20Cl2N4O2/c1-11-16-17(13-4-3-5-15(23)10-13)18(21(29)25-19(16)27(2)26-11)24-20(28)12-6-8-14(22)9-7-12/h3-10,17-18,20,24,28H,1-2H3,(H,25,29)/t17-,18-,20?/m1/s1. The number of halogens is 2. The van der Waals surface area contributed by atoms with Crippen LogP contribution in [0.15, 0.2) is 48.5 Å². The molecule has 3 atom stereocenters. The van der Waals surface area contributed by atoms with Crippen LogP contribution in [-0.2, 0) is 11.8 Å².